The van der Waals surface area contributed by atoms with Gasteiger partial charge in [-0.1, -0.05) is 30.3 Å². The van der Waals surface area contributed by atoms with Crippen molar-refractivity contribution in [2.75, 3.05) is 26.3 Å². The summed E-state index contributed by atoms with van der Waals surface area (Å²) in [7, 11) is 0. The van der Waals surface area contributed by atoms with Crippen LogP contribution in [-0.2, 0) is 16.1 Å². The van der Waals surface area contributed by atoms with E-state index in [1.807, 2.05) is 18.2 Å². The molecule has 0 aromatic heterocycles. The Balaban J connectivity index is 1.82. The molecule has 1 fully saturated rings. The molecule has 0 spiro atoms. The molecule has 1 unspecified atom stereocenters. The number of morpholine rings is 1. The van der Waals surface area contributed by atoms with Crippen LogP contribution in [0.1, 0.15) is 25.8 Å². The Hall–Kier alpha value is -1.43. The highest BCUT2D eigenvalue weighted by Crippen LogP contribution is 2.13. The maximum Gasteiger partial charge on any atom is 0.223 e. The number of hydrogen-bond donors (Lipinski definition) is 2. The lowest BCUT2D eigenvalue weighted by molar-refractivity contribution is -0.128. The summed E-state index contributed by atoms with van der Waals surface area (Å²) in [4.78, 5) is 14.3. The van der Waals surface area contributed by atoms with Crippen molar-refractivity contribution in [1.29, 1.82) is 0 Å². The minimum atomic E-state index is -0.588. The first-order chi connectivity index (χ1) is 10.5. The second-order valence-corrected chi connectivity index (χ2v) is 6.51. The molecular weight excluding hydrogens is 280 g/mol. The van der Waals surface area contributed by atoms with E-state index >= 15 is 0 Å². The van der Waals surface area contributed by atoms with Crippen LogP contribution in [0.3, 0.4) is 0 Å². The van der Waals surface area contributed by atoms with Gasteiger partial charge in [0.2, 0.25) is 5.91 Å². The number of nitrogens with zero attached hydrogens (tertiary/aromatic N) is 1. The summed E-state index contributed by atoms with van der Waals surface area (Å²) >= 11 is 0. The molecule has 0 radical (unpaired) electrons. The van der Waals surface area contributed by atoms with Crippen molar-refractivity contribution in [1.82, 2.24) is 10.2 Å². The van der Waals surface area contributed by atoms with Crippen molar-refractivity contribution in [3.05, 3.63) is 35.9 Å². The predicted octanol–water partition coefficient (Wildman–Crippen LogP) is 1.16. The Morgan fingerprint density at radius 1 is 1.41 bits per heavy atom. The molecule has 0 saturated carbocycles. The number of carbonyl (C=O) groups excluding carboxylic acids is 1. The molecule has 2 rings (SSSR count). The maximum absolute atomic E-state index is 12.0. The van der Waals surface area contributed by atoms with Crippen LogP contribution in [0, 0.1) is 0 Å². The molecule has 5 nitrogen and oxygen atoms in total. The highest BCUT2D eigenvalue weighted by atomic mass is 16.5. The molecule has 1 saturated heterocycles. The topological polar surface area (TPSA) is 61.8 Å². The zero-order chi connectivity index (χ0) is 16.0. The molecule has 1 aliphatic rings. The number of aliphatic hydroxyl groups excluding tert-OH is 1. The van der Waals surface area contributed by atoms with E-state index in [1.165, 1.54) is 5.56 Å². The minimum absolute atomic E-state index is 0.0781. The van der Waals surface area contributed by atoms with Gasteiger partial charge < -0.3 is 15.2 Å². The van der Waals surface area contributed by atoms with Gasteiger partial charge in [-0.3, -0.25) is 9.69 Å². The van der Waals surface area contributed by atoms with Gasteiger partial charge in [0, 0.05) is 19.6 Å². The Labute approximate surface area is 132 Å². The lowest BCUT2D eigenvalue weighted by Crippen LogP contribution is -2.49. The first kappa shape index (κ1) is 16.9. The lowest BCUT2D eigenvalue weighted by Gasteiger charge is -2.33. The Morgan fingerprint density at radius 3 is 2.82 bits per heavy atom. The number of hydrogen-bond acceptors (Lipinski definition) is 4. The minimum Gasteiger partial charge on any atom is -0.394 e. The SMILES string of the molecule is CC(C)(CO)NC(=O)CC1CN(Cc2ccccc2)CCO1. The van der Waals surface area contributed by atoms with Crippen LogP contribution in [0.25, 0.3) is 0 Å². The molecule has 1 heterocycles. The van der Waals surface area contributed by atoms with E-state index in [1.54, 1.807) is 13.8 Å². The van der Waals surface area contributed by atoms with Crippen molar-refractivity contribution in [3.8, 4) is 0 Å². The molecule has 1 amide bonds. The van der Waals surface area contributed by atoms with Crippen LogP contribution in [-0.4, -0.2) is 53.9 Å². The van der Waals surface area contributed by atoms with Crippen molar-refractivity contribution in [3.63, 3.8) is 0 Å². The Bertz CT molecular complexity index is 476. The normalized spacial score (nSPS) is 19.9. The summed E-state index contributed by atoms with van der Waals surface area (Å²) in [6.07, 6.45) is 0.237. The van der Waals surface area contributed by atoms with Crippen LogP contribution >= 0.6 is 0 Å². The number of carbonyl (C=O) groups is 1. The van der Waals surface area contributed by atoms with Crippen molar-refractivity contribution in [2.45, 2.75) is 38.5 Å². The van der Waals surface area contributed by atoms with Gasteiger partial charge in [0.1, 0.15) is 0 Å². The molecule has 5 heteroatoms. The largest absolute Gasteiger partial charge is 0.394 e. The molecule has 0 bridgehead atoms. The van der Waals surface area contributed by atoms with Crippen LogP contribution in [0.5, 0.6) is 0 Å². The van der Waals surface area contributed by atoms with Gasteiger partial charge in [0.25, 0.3) is 0 Å². The highest BCUT2D eigenvalue weighted by molar-refractivity contribution is 5.77. The van der Waals surface area contributed by atoms with Gasteiger partial charge in [-0.05, 0) is 19.4 Å². The molecule has 2 N–H and O–H groups in total. The average molecular weight is 306 g/mol. The Morgan fingerprint density at radius 2 is 2.14 bits per heavy atom. The molecule has 1 aromatic carbocycles. The number of aliphatic hydroxyl groups is 1. The zero-order valence-electron chi connectivity index (χ0n) is 13.4. The third kappa shape index (κ3) is 5.40. The standard InChI is InChI=1S/C17H26N2O3/c1-17(2,13-20)18-16(21)10-15-12-19(8-9-22-15)11-14-6-4-3-5-7-14/h3-7,15,20H,8-13H2,1-2H3,(H,18,21). The van der Waals surface area contributed by atoms with E-state index in [9.17, 15) is 9.90 Å². The first-order valence-corrected chi connectivity index (χ1v) is 7.78. The molecule has 0 aliphatic carbocycles. The fraction of sp³-hybridized carbons (Fsp3) is 0.588. The summed E-state index contributed by atoms with van der Waals surface area (Å²) in [5.41, 5.74) is 0.684. The first-order valence-electron chi connectivity index (χ1n) is 7.78. The van der Waals surface area contributed by atoms with E-state index in [-0.39, 0.29) is 18.6 Å². The van der Waals surface area contributed by atoms with E-state index < -0.39 is 5.54 Å². The lowest BCUT2D eigenvalue weighted by atomic mass is 10.1. The second kappa shape index (κ2) is 7.72. The smallest absolute Gasteiger partial charge is 0.223 e. The number of nitrogens with one attached hydrogen (secondary N) is 1. The van der Waals surface area contributed by atoms with Gasteiger partial charge in [-0.15, -0.1) is 0 Å². The van der Waals surface area contributed by atoms with Crippen molar-refractivity contribution < 1.29 is 14.6 Å². The molecule has 1 atom stereocenters. The van der Waals surface area contributed by atoms with E-state index in [0.717, 1.165) is 19.6 Å². The van der Waals surface area contributed by atoms with Crippen LogP contribution in [0.15, 0.2) is 30.3 Å². The summed E-state index contributed by atoms with van der Waals surface area (Å²) in [5, 5.41) is 12.0. The summed E-state index contributed by atoms with van der Waals surface area (Å²) in [6.45, 7) is 6.68. The second-order valence-electron chi connectivity index (χ2n) is 6.51. The predicted molar refractivity (Wildman–Crippen MR) is 85.4 cm³/mol. The number of rotatable bonds is 6. The van der Waals surface area contributed by atoms with Crippen molar-refractivity contribution in [2.24, 2.45) is 0 Å². The van der Waals surface area contributed by atoms with Crippen LogP contribution < -0.4 is 5.32 Å². The third-order valence-electron chi connectivity index (χ3n) is 3.76. The highest BCUT2D eigenvalue weighted by Gasteiger charge is 2.25. The van der Waals surface area contributed by atoms with E-state index in [4.69, 9.17) is 4.74 Å². The molecule has 22 heavy (non-hydrogen) atoms. The van der Waals surface area contributed by atoms with Crippen LogP contribution in [0.4, 0.5) is 0 Å². The monoisotopic (exact) mass is 306 g/mol. The summed E-state index contributed by atoms with van der Waals surface area (Å²) in [5.74, 6) is -0.0781. The van der Waals surface area contributed by atoms with Crippen LogP contribution in [0.2, 0.25) is 0 Å². The quantitative estimate of drug-likeness (QED) is 0.828. The third-order valence-corrected chi connectivity index (χ3v) is 3.76. The summed E-state index contributed by atoms with van der Waals surface area (Å²) in [6, 6.07) is 10.3. The van der Waals surface area contributed by atoms with Gasteiger partial charge in [0.15, 0.2) is 0 Å². The number of benzene rings is 1. The Kier molecular flexibility index (Phi) is 5.94. The van der Waals surface area contributed by atoms with E-state index in [2.05, 4.69) is 22.3 Å². The zero-order valence-corrected chi connectivity index (χ0v) is 13.4. The fourth-order valence-electron chi connectivity index (χ4n) is 2.56. The van der Waals surface area contributed by atoms with Gasteiger partial charge in [-0.2, -0.15) is 0 Å². The molecule has 1 aromatic rings. The number of ether oxygens (including phenoxy) is 1. The van der Waals surface area contributed by atoms with Gasteiger partial charge >= 0.3 is 0 Å². The number of amides is 1. The average Bonchev–Trinajstić information content (AvgIpc) is 2.48. The summed E-state index contributed by atoms with van der Waals surface area (Å²) < 4.78 is 5.70. The maximum atomic E-state index is 12.0. The fourth-order valence-corrected chi connectivity index (χ4v) is 2.56. The van der Waals surface area contributed by atoms with E-state index in [0.29, 0.717) is 13.0 Å². The molecular formula is C17H26N2O3. The van der Waals surface area contributed by atoms with Crippen molar-refractivity contribution >= 4 is 5.91 Å². The van der Waals surface area contributed by atoms with Gasteiger partial charge in [0.05, 0.1) is 31.3 Å². The van der Waals surface area contributed by atoms with Gasteiger partial charge in [-0.25, -0.2) is 0 Å². The molecule has 122 valence electrons. The molecule has 1 aliphatic heterocycles.